The quantitative estimate of drug-likeness (QED) is 0.254. The molecule has 2 N–H and O–H groups in total. The number of aryl methyl sites for hydroxylation is 2. The van der Waals surface area contributed by atoms with Crippen molar-refractivity contribution >= 4 is 40.9 Å². The second kappa shape index (κ2) is 12.7. The van der Waals surface area contributed by atoms with Crippen LogP contribution in [0.15, 0.2) is 65.8 Å². The number of hydrogen-bond acceptors (Lipinski definition) is 7. The van der Waals surface area contributed by atoms with Crippen molar-refractivity contribution in [3.63, 3.8) is 0 Å². The van der Waals surface area contributed by atoms with Gasteiger partial charge in [0, 0.05) is 16.3 Å². The summed E-state index contributed by atoms with van der Waals surface area (Å²) in [6.45, 7) is 4.01. The van der Waals surface area contributed by atoms with E-state index in [1.54, 1.807) is 34.9 Å². The first kappa shape index (κ1) is 28.0. The van der Waals surface area contributed by atoms with Crippen LogP contribution in [0.1, 0.15) is 27.3 Å². The van der Waals surface area contributed by atoms with Crippen LogP contribution in [-0.2, 0) is 11.3 Å². The highest BCUT2D eigenvalue weighted by Gasteiger charge is 2.18. The number of anilines is 1. The van der Waals surface area contributed by atoms with Gasteiger partial charge in [-0.25, -0.2) is 0 Å². The minimum Gasteiger partial charge on any atom is -0.493 e. The highest BCUT2D eigenvalue weighted by Crippen LogP contribution is 2.28. The number of nitrogens with one attached hydrogen (secondary N) is 2. The molecule has 1 aromatic heterocycles. The second-order valence-corrected chi connectivity index (χ2v) is 10.0. The van der Waals surface area contributed by atoms with Gasteiger partial charge in [-0.15, -0.1) is 10.2 Å². The molecule has 0 saturated carbocycles. The molecule has 0 bridgehead atoms. The number of ether oxygens (including phenoxy) is 2. The fourth-order valence-electron chi connectivity index (χ4n) is 3.81. The molecule has 11 heteroatoms. The smallest absolute Gasteiger partial charge is 0.251 e. The molecule has 202 valence electrons. The van der Waals surface area contributed by atoms with Gasteiger partial charge in [-0.1, -0.05) is 41.6 Å². The van der Waals surface area contributed by atoms with Gasteiger partial charge in [0.2, 0.25) is 5.91 Å². The molecular formula is C28H28ClN5O4S. The van der Waals surface area contributed by atoms with Gasteiger partial charge in [-0.05, 0) is 67.4 Å². The number of methoxy groups -OCH3 is 2. The molecular weight excluding hydrogens is 538 g/mol. The van der Waals surface area contributed by atoms with E-state index in [-0.39, 0.29) is 24.1 Å². The normalized spacial score (nSPS) is 10.7. The number of hydrogen-bond donors (Lipinski definition) is 2. The van der Waals surface area contributed by atoms with Crippen LogP contribution in [0.4, 0.5) is 5.69 Å². The fourth-order valence-corrected chi connectivity index (χ4v) is 4.76. The maximum Gasteiger partial charge on any atom is 0.251 e. The summed E-state index contributed by atoms with van der Waals surface area (Å²) in [4.78, 5) is 25.6. The number of amides is 2. The summed E-state index contributed by atoms with van der Waals surface area (Å²) >= 11 is 7.49. The standard InChI is InChI=1S/C28H28ClN5O4S/c1-17-8-9-18(2)22(12-17)31-26(35)16-39-28-33-32-25(34(28)21-7-5-6-20(29)14-21)15-30-27(36)19-10-11-23(37-3)24(13-19)38-4/h5-14H,15-16H2,1-4H3,(H,30,36)(H,31,35). The second-order valence-electron chi connectivity index (χ2n) is 8.62. The highest BCUT2D eigenvalue weighted by molar-refractivity contribution is 7.99. The summed E-state index contributed by atoms with van der Waals surface area (Å²) < 4.78 is 12.3. The van der Waals surface area contributed by atoms with Gasteiger partial charge in [0.15, 0.2) is 22.5 Å². The topological polar surface area (TPSA) is 107 Å². The van der Waals surface area contributed by atoms with Crippen molar-refractivity contribution in [1.82, 2.24) is 20.1 Å². The van der Waals surface area contributed by atoms with E-state index in [0.717, 1.165) is 16.8 Å². The molecule has 4 aromatic rings. The summed E-state index contributed by atoms with van der Waals surface area (Å²) in [5.74, 6) is 1.08. The molecule has 9 nitrogen and oxygen atoms in total. The van der Waals surface area contributed by atoms with E-state index in [9.17, 15) is 9.59 Å². The maximum atomic E-state index is 12.9. The van der Waals surface area contributed by atoms with E-state index in [0.29, 0.717) is 38.8 Å². The molecule has 0 saturated heterocycles. The first-order valence-corrected chi connectivity index (χ1v) is 13.4. The van der Waals surface area contributed by atoms with Crippen molar-refractivity contribution in [3.05, 3.63) is 88.2 Å². The molecule has 0 aliphatic carbocycles. The van der Waals surface area contributed by atoms with E-state index in [2.05, 4.69) is 20.8 Å². The number of carbonyl (C=O) groups excluding carboxylic acids is 2. The molecule has 4 rings (SSSR count). The van der Waals surface area contributed by atoms with Crippen LogP contribution in [0.25, 0.3) is 5.69 Å². The molecule has 3 aromatic carbocycles. The van der Waals surface area contributed by atoms with Crippen LogP contribution in [-0.4, -0.2) is 46.6 Å². The number of nitrogens with zero attached hydrogens (tertiary/aromatic N) is 3. The predicted molar refractivity (Wildman–Crippen MR) is 152 cm³/mol. The largest absolute Gasteiger partial charge is 0.493 e. The summed E-state index contributed by atoms with van der Waals surface area (Å²) in [6, 6.07) is 18.0. The lowest BCUT2D eigenvalue weighted by atomic mass is 10.1. The first-order valence-electron chi connectivity index (χ1n) is 12.0. The van der Waals surface area contributed by atoms with Crippen LogP contribution < -0.4 is 20.1 Å². The predicted octanol–water partition coefficient (Wildman–Crippen LogP) is 5.22. The Kier molecular flexibility index (Phi) is 9.11. The van der Waals surface area contributed by atoms with Gasteiger partial charge in [0.25, 0.3) is 5.91 Å². The van der Waals surface area contributed by atoms with E-state index in [1.165, 1.54) is 26.0 Å². The number of carbonyl (C=O) groups is 2. The average molecular weight is 566 g/mol. The van der Waals surface area contributed by atoms with Crippen molar-refractivity contribution in [1.29, 1.82) is 0 Å². The Bertz CT molecular complexity index is 1510. The van der Waals surface area contributed by atoms with E-state index in [4.69, 9.17) is 21.1 Å². The van der Waals surface area contributed by atoms with Crippen LogP contribution in [0, 0.1) is 13.8 Å². The SMILES string of the molecule is COc1ccc(C(=O)NCc2nnc(SCC(=O)Nc3cc(C)ccc3C)n2-c2cccc(Cl)c2)cc1OC. The van der Waals surface area contributed by atoms with E-state index in [1.807, 2.05) is 44.2 Å². The lowest BCUT2D eigenvalue weighted by molar-refractivity contribution is -0.113. The van der Waals surface area contributed by atoms with E-state index < -0.39 is 0 Å². The van der Waals surface area contributed by atoms with Gasteiger partial charge in [-0.3, -0.25) is 14.2 Å². The van der Waals surface area contributed by atoms with Gasteiger partial charge < -0.3 is 20.1 Å². The first-order chi connectivity index (χ1) is 18.8. The van der Waals surface area contributed by atoms with Crippen molar-refractivity contribution < 1.29 is 19.1 Å². The fraction of sp³-hybridized carbons (Fsp3) is 0.214. The Labute approximate surface area is 235 Å². The third-order valence-electron chi connectivity index (χ3n) is 5.82. The molecule has 0 aliphatic heterocycles. The van der Waals surface area contributed by atoms with Crippen molar-refractivity contribution in [2.75, 3.05) is 25.3 Å². The number of rotatable bonds is 10. The molecule has 39 heavy (non-hydrogen) atoms. The Morgan fingerprint density at radius 1 is 0.974 bits per heavy atom. The summed E-state index contributed by atoms with van der Waals surface area (Å²) in [6.07, 6.45) is 0. The Balaban J connectivity index is 1.52. The van der Waals surface area contributed by atoms with Gasteiger partial charge in [-0.2, -0.15) is 0 Å². The number of benzene rings is 3. The number of aromatic nitrogens is 3. The monoisotopic (exact) mass is 565 g/mol. The third kappa shape index (κ3) is 6.90. The summed E-state index contributed by atoms with van der Waals surface area (Å²) in [5, 5.41) is 15.4. The van der Waals surface area contributed by atoms with Gasteiger partial charge in [0.1, 0.15) is 0 Å². The average Bonchev–Trinajstić information content (AvgIpc) is 3.35. The maximum absolute atomic E-state index is 12.9. The minimum absolute atomic E-state index is 0.0853. The van der Waals surface area contributed by atoms with E-state index >= 15 is 0 Å². The van der Waals surface area contributed by atoms with Crippen LogP contribution >= 0.6 is 23.4 Å². The number of halogens is 1. The third-order valence-corrected chi connectivity index (χ3v) is 6.98. The zero-order valence-corrected chi connectivity index (χ0v) is 23.5. The molecule has 0 fully saturated rings. The summed E-state index contributed by atoms with van der Waals surface area (Å²) in [5.41, 5.74) is 3.92. The Hall–Kier alpha value is -4.02. The van der Waals surface area contributed by atoms with Crippen LogP contribution in [0.2, 0.25) is 5.02 Å². The molecule has 1 heterocycles. The van der Waals surface area contributed by atoms with Crippen molar-refractivity contribution in [3.8, 4) is 17.2 Å². The molecule has 0 aliphatic rings. The molecule has 0 atom stereocenters. The van der Waals surface area contributed by atoms with Crippen molar-refractivity contribution in [2.45, 2.75) is 25.5 Å². The highest BCUT2D eigenvalue weighted by atomic mass is 35.5. The van der Waals surface area contributed by atoms with Crippen LogP contribution in [0.3, 0.4) is 0 Å². The lowest BCUT2D eigenvalue weighted by Gasteiger charge is -2.13. The molecule has 0 spiro atoms. The molecule has 0 radical (unpaired) electrons. The molecule has 2 amide bonds. The summed E-state index contributed by atoms with van der Waals surface area (Å²) in [7, 11) is 3.04. The Morgan fingerprint density at radius 3 is 2.51 bits per heavy atom. The van der Waals surface area contributed by atoms with Crippen molar-refractivity contribution in [2.24, 2.45) is 0 Å². The van der Waals surface area contributed by atoms with Crippen LogP contribution in [0.5, 0.6) is 11.5 Å². The molecule has 0 unspecified atom stereocenters. The zero-order valence-electron chi connectivity index (χ0n) is 21.9. The zero-order chi connectivity index (χ0) is 27.9. The number of thioether (sulfide) groups is 1. The minimum atomic E-state index is -0.321. The Morgan fingerprint density at radius 2 is 1.77 bits per heavy atom. The van der Waals surface area contributed by atoms with Gasteiger partial charge >= 0.3 is 0 Å². The lowest BCUT2D eigenvalue weighted by Crippen LogP contribution is -2.24. The van der Waals surface area contributed by atoms with Gasteiger partial charge in [0.05, 0.1) is 32.2 Å².